The van der Waals surface area contributed by atoms with Gasteiger partial charge in [0.15, 0.2) is 0 Å². The molecule has 1 saturated heterocycles. The highest BCUT2D eigenvalue weighted by atomic mass is 16.1. The van der Waals surface area contributed by atoms with Crippen molar-refractivity contribution in [1.29, 1.82) is 0 Å². The van der Waals surface area contributed by atoms with E-state index >= 15 is 0 Å². The third-order valence-corrected chi connectivity index (χ3v) is 4.35. The third kappa shape index (κ3) is 3.57. The second-order valence-corrected chi connectivity index (χ2v) is 6.20. The molecule has 0 atom stereocenters. The summed E-state index contributed by atoms with van der Waals surface area (Å²) >= 11 is 0. The van der Waals surface area contributed by atoms with Crippen LogP contribution in [-0.4, -0.2) is 66.6 Å². The molecule has 2 fully saturated rings. The van der Waals surface area contributed by atoms with Crippen molar-refractivity contribution in [2.45, 2.75) is 18.9 Å². The van der Waals surface area contributed by atoms with Crippen LogP contribution in [0.2, 0.25) is 0 Å². The zero-order valence-corrected chi connectivity index (χ0v) is 12.7. The monoisotopic (exact) mass is 291 g/mol. The van der Waals surface area contributed by atoms with Crippen molar-refractivity contribution in [3.63, 3.8) is 0 Å². The Morgan fingerprint density at radius 3 is 2.71 bits per heavy atom. The van der Waals surface area contributed by atoms with Crippen LogP contribution in [-0.2, 0) is 0 Å². The molecule has 6 heteroatoms. The lowest BCUT2D eigenvalue weighted by molar-refractivity contribution is 0.0931. The number of aromatic nitrogens is 1. The molecule has 3 rings (SSSR count). The van der Waals surface area contributed by atoms with Crippen LogP contribution in [0, 0.1) is 0 Å². The van der Waals surface area contributed by atoms with Gasteiger partial charge in [-0.3, -0.25) is 9.69 Å². The first kappa shape index (κ1) is 14.4. The molecule has 1 amide bonds. The Hall–Kier alpha value is -1.53. The third-order valence-electron chi connectivity index (χ3n) is 4.35. The summed E-state index contributed by atoms with van der Waals surface area (Å²) in [5, 5.41) is 3.02. The zero-order valence-electron chi connectivity index (χ0n) is 12.7. The predicted octanol–water partition coefficient (Wildman–Crippen LogP) is 0.382. The number of likely N-dealkylation sites (N-methyl/N-ethyl adjacent to an activating group) is 1. The summed E-state index contributed by atoms with van der Waals surface area (Å²) in [5.74, 6) is -0.00673. The fourth-order valence-electron chi connectivity index (χ4n) is 2.83. The van der Waals surface area contributed by atoms with Gasteiger partial charge < -0.3 is 20.5 Å². The van der Waals surface area contributed by atoms with Crippen LogP contribution in [0.1, 0.15) is 29.4 Å². The highest BCUT2D eigenvalue weighted by molar-refractivity contribution is 5.93. The number of nitrogen functional groups attached to an aromatic ring is 1. The summed E-state index contributed by atoms with van der Waals surface area (Å²) in [6.45, 7) is 5.98. The summed E-state index contributed by atoms with van der Waals surface area (Å²) in [6, 6.07) is 2.25. The largest absolute Gasteiger partial charge is 0.397 e. The number of hydrogen-bond donors (Lipinski definition) is 2. The highest BCUT2D eigenvalue weighted by Gasteiger charge is 2.27. The van der Waals surface area contributed by atoms with E-state index in [0.29, 0.717) is 24.0 Å². The first-order chi connectivity index (χ1) is 10.1. The van der Waals surface area contributed by atoms with Gasteiger partial charge in [0.2, 0.25) is 0 Å². The fraction of sp³-hybridized carbons (Fsp3) is 0.667. The van der Waals surface area contributed by atoms with E-state index in [1.807, 2.05) is 10.8 Å². The summed E-state index contributed by atoms with van der Waals surface area (Å²) < 4.78 is 2.03. The van der Waals surface area contributed by atoms with Gasteiger partial charge >= 0.3 is 0 Å². The van der Waals surface area contributed by atoms with Crippen molar-refractivity contribution in [3.05, 3.63) is 18.0 Å². The van der Waals surface area contributed by atoms with E-state index in [0.717, 1.165) is 45.6 Å². The molecule has 0 bridgehead atoms. The topological polar surface area (TPSA) is 66.5 Å². The van der Waals surface area contributed by atoms with Crippen LogP contribution in [0.25, 0.3) is 0 Å². The van der Waals surface area contributed by atoms with E-state index in [1.165, 1.54) is 0 Å². The van der Waals surface area contributed by atoms with Gasteiger partial charge in [-0.15, -0.1) is 0 Å². The Kier molecular flexibility index (Phi) is 4.17. The summed E-state index contributed by atoms with van der Waals surface area (Å²) in [5.41, 5.74) is 7.20. The Labute approximate surface area is 125 Å². The Morgan fingerprint density at radius 1 is 1.33 bits per heavy atom. The minimum atomic E-state index is -0.00673. The van der Waals surface area contributed by atoms with Gasteiger partial charge in [-0.25, -0.2) is 0 Å². The van der Waals surface area contributed by atoms with Crippen LogP contribution < -0.4 is 11.1 Å². The maximum Gasteiger partial charge on any atom is 0.268 e. The van der Waals surface area contributed by atoms with E-state index in [4.69, 9.17) is 5.73 Å². The molecule has 2 aliphatic rings. The van der Waals surface area contributed by atoms with Crippen LogP contribution in [0.3, 0.4) is 0 Å². The molecule has 116 valence electrons. The van der Waals surface area contributed by atoms with E-state index in [-0.39, 0.29) is 5.91 Å². The molecule has 0 unspecified atom stereocenters. The Morgan fingerprint density at radius 2 is 2.05 bits per heavy atom. The average molecular weight is 291 g/mol. The Balaban J connectivity index is 1.48. The van der Waals surface area contributed by atoms with Crippen molar-refractivity contribution in [2.24, 2.45) is 0 Å². The molecule has 1 saturated carbocycles. The van der Waals surface area contributed by atoms with Gasteiger partial charge in [0.25, 0.3) is 5.91 Å². The van der Waals surface area contributed by atoms with Crippen molar-refractivity contribution in [1.82, 2.24) is 19.7 Å². The first-order valence-electron chi connectivity index (χ1n) is 7.80. The van der Waals surface area contributed by atoms with Crippen molar-refractivity contribution in [3.8, 4) is 0 Å². The molecule has 6 nitrogen and oxygen atoms in total. The molecule has 3 N–H and O–H groups in total. The maximum absolute atomic E-state index is 12.3. The number of nitrogens with two attached hydrogens (primary N) is 1. The normalized spacial score (nSPS) is 20.6. The number of carbonyl (C=O) groups is 1. The second-order valence-electron chi connectivity index (χ2n) is 6.20. The zero-order chi connectivity index (χ0) is 14.8. The number of carbonyl (C=O) groups excluding carboxylic acids is 1. The number of nitrogens with zero attached hydrogens (tertiary/aromatic N) is 3. The smallest absolute Gasteiger partial charge is 0.268 e. The summed E-state index contributed by atoms with van der Waals surface area (Å²) in [6.07, 6.45) is 4.18. The summed E-state index contributed by atoms with van der Waals surface area (Å²) in [4.78, 5) is 17.0. The molecule has 21 heavy (non-hydrogen) atoms. The second kappa shape index (κ2) is 6.07. The van der Waals surface area contributed by atoms with Crippen LogP contribution in [0.5, 0.6) is 0 Å². The number of anilines is 1. The van der Waals surface area contributed by atoms with Gasteiger partial charge in [0.05, 0.1) is 5.69 Å². The van der Waals surface area contributed by atoms with Gasteiger partial charge in [-0.2, -0.15) is 0 Å². The predicted molar refractivity (Wildman–Crippen MR) is 83.4 cm³/mol. The van der Waals surface area contributed by atoms with Crippen LogP contribution in [0.4, 0.5) is 5.69 Å². The number of amides is 1. The lowest BCUT2D eigenvalue weighted by atomic mass is 10.3. The Bertz CT molecular complexity index is 500. The van der Waals surface area contributed by atoms with Gasteiger partial charge in [0, 0.05) is 51.5 Å². The van der Waals surface area contributed by atoms with Gasteiger partial charge in [-0.1, -0.05) is 0 Å². The number of rotatable bonds is 5. The summed E-state index contributed by atoms with van der Waals surface area (Å²) in [7, 11) is 2.15. The fourth-order valence-corrected chi connectivity index (χ4v) is 2.83. The number of piperazine rings is 1. The van der Waals surface area contributed by atoms with Gasteiger partial charge in [-0.05, 0) is 26.0 Å². The molecule has 2 heterocycles. The molecule has 1 aromatic rings. The number of hydrogen-bond acceptors (Lipinski definition) is 4. The molecule has 0 spiro atoms. The quantitative estimate of drug-likeness (QED) is 0.823. The molecule has 0 aromatic carbocycles. The average Bonchev–Trinajstić information content (AvgIpc) is 3.23. The molecule has 1 aliphatic carbocycles. The van der Waals surface area contributed by atoms with Crippen molar-refractivity contribution >= 4 is 11.6 Å². The van der Waals surface area contributed by atoms with E-state index in [1.54, 1.807) is 6.07 Å². The lowest BCUT2D eigenvalue weighted by Crippen LogP contribution is -2.47. The van der Waals surface area contributed by atoms with Crippen LogP contribution in [0.15, 0.2) is 12.3 Å². The van der Waals surface area contributed by atoms with Crippen molar-refractivity contribution in [2.75, 3.05) is 52.0 Å². The minimum Gasteiger partial charge on any atom is -0.397 e. The van der Waals surface area contributed by atoms with E-state index in [2.05, 4.69) is 22.2 Å². The standard InChI is InChI=1S/C15H25N5O/c1-18-6-8-19(9-7-18)5-4-17-15(21)14-10-12(16)11-20(14)13-2-3-13/h10-11,13H,2-9,16H2,1H3,(H,17,21). The molecular formula is C15H25N5O. The van der Waals surface area contributed by atoms with Gasteiger partial charge in [0.1, 0.15) is 5.69 Å². The lowest BCUT2D eigenvalue weighted by Gasteiger charge is -2.32. The highest BCUT2D eigenvalue weighted by Crippen LogP contribution is 2.37. The maximum atomic E-state index is 12.3. The molecular weight excluding hydrogens is 266 g/mol. The first-order valence-corrected chi connectivity index (χ1v) is 7.80. The van der Waals surface area contributed by atoms with Crippen molar-refractivity contribution < 1.29 is 4.79 Å². The molecule has 0 radical (unpaired) electrons. The minimum absolute atomic E-state index is 0.00673. The molecule has 1 aliphatic heterocycles. The van der Waals surface area contributed by atoms with Crippen LogP contribution >= 0.6 is 0 Å². The number of nitrogens with one attached hydrogen (secondary N) is 1. The van der Waals surface area contributed by atoms with E-state index < -0.39 is 0 Å². The van der Waals surface area contributed by atoms with E-state index in [9.17, 15) is 4.79 Å². The molecule has 1 aromatic heterocycles. The SMILES string of the molecule is CN1CCN(CCNC(=O)c2cc(N)cn2C2CC2)CC1.